The molecule has 0 aliphatic heterocycles. The van der Waals surface area contributed by atoms with E-state index in [1.807, 2.05) is 0 Å². The van der Waals surface area contributed by atoms with Gasteiger partial charge in [-0.1, -0.05) is 6.58 Å². The van der Waals surface area contributed by atoms with Crippen LogP contribution in [0.2, 0.25) is 0 Å². The number of rotatable bonds is 3. The lowest BCUT2D eigenvalue weighted by Crippen LogP contribution is -2.17. The highest BCUT2D eigenvalue weighted by molar-refractivity contribution is 5.98. The highest BCUT2D eigenvalue weighted by Gasteiger charge is 2.01. The summed E-state index contributed by atoms with van der Waals surface area (Å²) in [6.45, 7) is 6.92. The van der Waals surface area contributed by atoms with Gasteiger partial charge in [-0.3, -0.25) is 4.99 Å². The molecule has 0 aliphatic rings. The molecule has 12 heavy (non-hydrogen) atoms. The Morgan fingerprint density at radius 1 is 1.42 bits per heavy atom. The second kappa shape index (κ2) is 5.12. The molecule has 0 bridgehead atoms. The molecular weight excluding hydrogens is 152 g/mol. The average molecular weight is 166 g/mol. The van der Waals surface area contributed by atoms with Crippen LogP contribution >= 0.6 is 0 Å². The van der Waals surface area contributed by atoms with Gasteiger partial charge in [0.25, 0.3) is 0 Å². The van der Waals surface area contributed by atoms with Crippen molar-refractivity contribution in [1.29, 1.82) is 0 Å². The van der Waals surface area contributed by atoms with Crippen LogP contribution in [0.3, 0.4) is 0 Å². The number of allylic oxidation sites excluding steroid dienone is 1. The van der Waals surface area contributed by atoms with Crippen LogP contribution in [0.1, 0.15) is 13.8 Å². The van der Waals surface area contributed by atoms with E-state index in [1.54, 1.807) is 20.1 Å². The van der Waals surface area contributed by atoms with Crippen molar-refractivity contribution in [2.45, 2.75) is 13.8 Å². The summed E-state index contributed by atoms with van der Waals surface area (Å²) in [5.74, 6) is 0.281. The third kappa shape index (κ3) is 3.01. The van der Waals surface area contributed by atoms with E-state index in [2.05, 4.69) is 16.6 Å². The lowest BCUT2D eigenvalue weighted by Gasteiger charge is -2.01. The van der Waals surface area contributed by atoms with Gasteiger partial charge in [0.15, 0.2) is 5.84 Å². The average Bonchev–Trinajstić information content (AvgIpc) is 1.99. The summed E-state index contributed by atoms with van der Waals surface area (Å²) in [5, 5.41) is 0. The van der Waals surface area contributed by atoms with E-state index in [0.717, 1.165) is 0 Å². The summed E-state index contributed by atoms with van der Waals surface area (Å²) in [7, 11) is 0. The largest absolute Gasteiger partial charge is 0.400 e. The quantitative estimate of drug-likeness (QED) is 0.480. The van der Waals surface area contributed by atoms with E-state index < -0.39 is 0 Å². The van der Waals surface area contributed by atoms with Crippen molar-refractivity contribution >= 4 is 12.1 Å². The van der Waals surface area contributed by atoms with Crippen molar-refractivity contribution in [3.8, 4) is 0 Å². The molecule has 4 nitrogen and oxygen atoms in total. The maximum absolute atomic E-state index is 5.54. The van der Waals surface area contributed by atoms with Gasteiger partial charge >= 0.3 is 0 Å². The molecule has 0 rings (SSSR count). The molecule has 0 aromatic carbocycles. The number of nitrogens with zero attached hydrogens (tertiary/aromatic N) is 2. The number of hydrogen-bond donors (Lipinski definition) is 2. The standard InChI is InChI=1S/C8H14N4/c1-4-11-7(6(3)9)8(10)12-5-2/h4-5H,2,9H2,1,3H3,(H2,10,12)/b7-6?,11-4-. The summed E-state index contributed by atoms with van der Waals surface area (Å²) in [5.41, 5.74) is 12.1. The summed E-state index contributed by atoms with van der Waals surface area (Å²) in [6, 6.07) is 0. The van der Waals surface area contributed by atoms with Crippen molar-refractivity contribution in [2.24, 2.45) is 21.5 Å². The van der Waals surface area contributed by atoms with Gasteiger partial charge in [0.05, 0.1) is 0 Å². The molecule has 4 heteroatoms. The van der Waals surface area contributed by atoms with Crippen LogP contribution < -0.4 is 11.5 Å². The molecule has 0 aliphatic carbocycles. The summed E-state index contributed by atoms with van der Waals surface area (Å²) < 4.78 is 0. The van der Waals surface area contributed by atoms with E-state index in [1.165, 1.54) is 6.20 Å². The molecule has 0 fully saturated rings. The lowest BCUT2D eigenvalue weighted by molar-refractivity contribution is 1.22. The SMILES string of the molecule is C=C/N=C(/N)C(/N=C\C)=C(C)N. The predicted octanol–water partition coefficient (Wildman–Crippen LogP) is 0.768. The highest BCUT2D eigenvalue weighted by atomic mass is 14.9. The first kappa shape index (κ1) is 10.4. The monoisotopic (exact) mass is 166 g/mol. The summed E-state index contributed by atoms with van der Waals surface area (Å²) >= 11 is 0. The molecule has 0 unspecified atom stereocenters. The molecule has 0 aromatic heterocycles. The second-order valence-electron chi connectivity index (χ2n) is 2.12. The zero-order valence-electron chi connectivity index (χ0n) is 7.41. The molecule has 0 saturated carbocycles. The van der Waals surface area contributed by atoms with Gasteiger partial charge in [-0.15, -0.1) is 0 Å². The van der Waals surface area contributed by atoms with E-state index in [9.17, 15) is 0 Å². The lowest BCUT2D eigenvalue weighted by atomic mass is 10.3. The summed E-state index contributed by atoms with van der Waals surface area (Å²) in [4.78, 5) is 7.74. The third-order valence-electron chi connectivity index (χ3n) is 1.10. The van der Waals surface area contributed by atoms with Crippen molar-refractivity contribution < 1.29 is 0 Å². The van der Waals surface area contributed by atoms with E-state index >= 15 is 0 Å². The first-order chi connectivity index (χ1) is 5.63. The number of aliphatic imine (C=N–C) groups is 2. The fourth-order valence-corrected chi connectivity index (χ4v) is 0.659. The minimum absolute atomic E-state index is 0.281. The van der Waals surface area contributed by atoms with E-state index in [0.29, 0.717) is 11.4 Å². The van der Waals surface area contributed by atoms with Gasteiger partial charge in [0.2, 0.25) is 0 Å². The fourth-order valence-electron chi connectivity index (χ4n) is 0.659. The minimum atomic E-state index is 0.281. The Bertz CT molecular complexity index is 244. The van der Waals surface area contributed by atoms with Gasteiger partial charge in [0.1, 0.15) is 5.70 Å². The van der Waals surface area contributed by atoms with E-state index in [-0.39, 0.29) is 5.84 Å². The van der Waals surface area contributed by atoms with Crippen molar-refractivity contribution in [3.63, 3.8) is 0 Å². The molecule has 66 valence electrons. The molecule has 0 aromatic rings. The Balaban J connectivity index is 4.90. The molecule has 0 atom stereocenters. The first-order valence-electron chi connectivity index (χ1n) is 3.53. The van der Waals surface area contributed by atoms with Gasteiger partial charge in [0, 0.05) is 18.1 Å². The molecule has 0 radical (unpaired) electrons. The molecule has 0 spiro atoms. The Morgan fingerprint density at radius 3 is 2.33 bits per heavy atom. The van der Waals surface area contributed by atoms with Crippen LogP contribution in [0.25, 0.3) is 0 Å². The van der Waals surface area contributed by atoms with Crippen LogP contribution in [0, 0.1) is 0 Å². The normalized spacial score (nSPS) is 14.7. The van der Waals surface area contributed by atoms with Gasteiger partial charge in [-0.05, 0) is 13.8 Å². The van der Waals surface area contributed by atoms with Crippen molar-refractivity contribution in [1.82, 2.24) is 0 Å². The van der Waals surface area contributed by atoms with Crippen LogP contribution in [-0.4, -0.2) is 12.1 Å². The van der Waals surface area contributed by atoms with Crippen molar-refractivity contribution in [2.75, 3.05) is 0 Å². The maximum atomic E-state index is 5.54. The fraction of sp³-hybridized carbons (Fsp3) is 0.250. The van der Waals surface area contributed by atoms with Crippen LogP contribution in [0.4, 0.5) is 0 Å². The topological polar surface area (TPSA) is 76.8 Å². The zero-order valence-corrected chi connectivity index (χ0v) is 7.41. The minimum Gasteiger partial charge on any atom is -0.400 e. The zero-order chi connectivity index (χ0) is 9.56. The van der Waals surface area contributed by atoms with Crippen molar-refractivity contribution in [3.05, 3.63) is 24.2 Å². The first-order valence-corrected chi connectivity index (χ1v) is 3.53. The molecule has 0 amide bonds. The Hall–Kier alpha value is -1.58. The van der Waals surface area contributed by atoms with Crippen LogP contribution in [0.5, 0.6) is 0 Å². The van der Waals surface area contributed by atoms with Crippen LogP contribution in [-0.2, 0) is 0 Å². The highest BCUT2D eigenvalue weighted by Crippen LogP contribution is 2.00. The Morgan fingerprint density at radius 2 is 2.00 bits per heavy atom. The smallest absolute Gasteiger partial charge is 0.151 e. The Labute approximate surface area is 72.4 Å². The predicted molar refractivity (Wildman–Crippen MR) is 52.9 cm³/mol. The Kier molecular flexibility index (Phi) is 4.45. The number of hydrogen-bond acceptors (Lipinski definition) is 3. The molecule has 4 N–H and O–H groups in total. The third-order valence-corrected chi connectivity index (χ3v) is 1.10. The maximum Gasteiger partial charge on any atom is 0.151 e. The molecule has 0 heterocycles. The van der Waals surface area contributed by atoms with Gasteiger partial charge < -0.3 is 11.5 Å². The van der Waals surface area contributed by atoms with Gasteiger partial charge in [-0.2, -0.15) is 0 Å². The second-order valence-corrected chi connectivity index (χ2v) is 2.12. The van der Waals surface area contributed by atoms with Gasteiger partial charge in [-0.25, -0.2) is 4.99 Å². The number of nitrogens with two attached hydrogens (primary N) is 2. The summed E-state index contributed by atoms with van der Waals surface area (Å²) in [6.07, 6.45) is 2.96. The number of amidine groups is 1. The van der Waals surface area contributed by atoms with Crippen LogP contribution in [0.15, 0.2) is 34.2 Å². The molecular formula is C8H14N4. The van der Waals surface area contributed by atoms with E-state index in [4.69, 9.17) is 11.5 Å². The molecule has 0 saturated heterocycles.